The molecular weight excluding hydrogens is 408 g/mol. The highest BCUT2D eigenvalue weighted by atomic mass is 32.2. The molecule has 6 heteroatoms. The number of esters is 1. The lowest BCUT2D eigenvalue weighted by molar-refractivity contribution is -0.139. The molecule has 1 N–H and O–H groups in total. The Balaban J connectivity index is 2.35. The third kappa shape index (κ3) is 6.47. The number of carbonyl (C=O) groups is 2. The average Bonchev–Trinajstić information content (AvgIpc) is 2.75. The number of amides is 1. The maximum atomic E-state index is 12.9. The van der Waals surface area contributed by atoms with Crippen LogP contribution in [0.5, 0.6) is 0 Å². The van der Waals surface area contributed by atoms with Gasteiger partial charge in [0.2, 0.25) is 0 Å². The van der Waals surface area contributed by atoms with Gasteiger partial charge >= 0.3 is 5.97 Å². The van der Waals surface area contributed by atoms with Crippen molar-refractivity contribution in [2.24, 2.45) is 0 Å². The van der Waals surface area contributed by atoms with Gasteiger partial charge in [0, 0.05) is 16.0 Å². The summed E-state index contributed by atoms with van der Waals surface area (Å²) in [5.74, 6) is -0.998. The zero-order chi connectivity index (χ0) is 22.8. The molecule has 0 aliphatic carbocycles. The molecule has 0 saturated heterocycles. The summed E-state index contributed by atoms with van der Waals surface area (Å²) < 4.78 is 5.01. The van der Waals surface area contributed by atoms with Crippen LogP contribution in [0.1, 0.15) is 45.6 Å². The number of nitriles is 1. The van der Waals surface area contributed by atoms with Crippen molar-refractivity contribution in [3.8, 4) is 6.07 Å². The van der Waals surface area contributed by atoms with Crippen molar-refractivity contribution < 1.29 is 14.3 Å². The third-order valence-corrected chi connectivity index (χ3v) is 5.74. The summed E-state index contributed by atoms with van der Waals surface area (Å²) in [6.45, 7) is 9.34. The molecule has 0 saturated carbocycles. The number of ether oxygens (including phenoxy) is 1. The first-order chi connectivity index (χ1) is 14.9. The number of rotatable bonds is 9. The summed E-state index contributed by atoms with van der Waals surface area (Å²) >= 11 is 1.64. The number of hydrogen-bond donors (Lipinski definition) is 1. The van der Waals surface area contributed by atoms with Crippen molar-refractivity contribution >= 4 is 29.2 Å². The maximum absolute atomic E-state index is 12.9. The topological polar surface area (TPSA) is 79.2 Å². The lowest BCUT2D eigenvalue weighted by Gasteiger charge is -2.23. The minimum Gasteiger partial charge on any atom is -0.460 e. The van der Waals surface area contributed by atoms with E-state index in [2.05, 4.69) is 31.0 Å². The Labute approximate surface area is 188 Å². The van der Waals surface area contributed by atoms with Crippen LogP contribution in [0.2, 0.25) is 0 Å². The van der Waals surface area contributed by atoms with Gasteiger partial charge in [-0.2, -0.15) is 5.26 Å². The predicted molar refractivity (Wildman–Crippen MR) is 125 cm³/mol. The van der Waals surface area contributed by atoms with Crippen LogP contribution < -0.4 is 5.32 Å². The van der Waals surface area contributed by atoms with E-state index in [9.17, 15) is 14.9 Å². The zero-order valence-corrected chi connectivity index (χ0v) is 19.1. The van der Waals surface area contributed by atoms with E-state index in [0.29, 0.717) is 11.1 Å². The first-order valence-corrected chi connectivity index (χ1v) is 11.1. The van der Waals surface area contributed by atoms with Crippen LogP contribution in [-0.4, -0.2) is 25.0 Å². The molecule has 1 heterocycles. The molecule has 0 fully saturated rings. The van der Waals surface area contributed by atoms with Crippen molar-refractivity contribution in [2.75, 3.05) is 13.2 Å². The van der Waals surface area contributed by atoms with E-state index >= 15 is 0 Å². The molecule has 0 aromatic heterocycles. The molecule has 1 aliphatic heterocycles. The summed E-state index contributed by atoms with van der Waals surface area (Å²) in [7, 11) is 0. The molecule has 1 aromatic carbocycles. The van der Waals surface area contributed by atoms with Crippen LogP contribution in [0.3, 0.4) is 0 Å². The smallest absolute Gasteiger partial charge is 0.333 e. The first-order valence-electron chi connectivity index (χ1n) is 10.3. The Morgan fingerprint density at radius 1 is 1.32 bits per heavy atom. The van der Waals surface area contributed by atoms with Crippen LogP contribution in [0, 0.1) is 11.3 Å². The molecule has 1 aromatic rings. The lowest BCUT2D eigenvalue weighted by Crippen LogP contribution is -2.30. The zero-order valence-electron chi connectivity index (χ0n) is 18.3. The summed E-state index contributed by atoms with van der Waals surface area (Å²) in [5.41, 5.74) is 2.74. The second-order valence-corrected chi connectivity index (χ2v) is 8.40. The van der Waals surface area contributed by atoms with E-state index < -0.39 is 11.9 Å². The summed E-state index contributed by atoms with van der Waals surface area (Å²) in [6.07, 6.45) is 7.24. The minimum absolute atomic E-state index is 0.0105. The Hall–Kier alpha value is -3.04. The number of fused-ring (bicyclic) bond motifs is 1. The Morgan fingerprint density at radius 3 is 2.74 bits per heavy atom. The normalized spacial score (nSPS) is 14.6. The van der Waals surface area contributed by atoms with Crippen LogP contribution in [-0.2, 0) is 14.3 Å². The van der Waals surface area contributed by atoms with E-state index in [1.807, 2.05) is 37.3 Å². The number of allylic oxidation sites excluding steroid dienone is 5. The molecule has 162 valence electrons. The highest BCUT2D eigenvalue weighted by Gasteiger charge is 2.26. The summed E-state index contributed by atoms with van der Waals surface area (Å²) in [5, 5.41) is 12.6. The number of hydrogen-bond acceptors (Lipinski definition) is 5. The van der Waals surface area contributed by atoms with Gasteiger partial charge in [0.25, 0.3) is 5.91 Å². The van der Waals surface area contributed by atoms with Gasteiger partial charge in [-0.3, -0.25) is 4.79 Å². The molecule has 0 radical (unpaired) electrons. The van der Waals surface area contributed by atoms with Gasteiger partial charge in [-0.1, -0.05) is 68.5 Å². The fourth-order valence-electron chi connectivity index (χ4n) is 3.04. The van der Waals surface area contributed by atoms with Crippen molar-refractivity contribution in [2.45, 2.75) is 44.9 Å². The molecule has 31 heavy (non-hydrogen) atoms. The van der Waals surface area contributed by atoms with Crippen LogP contribution in [0.25, 0.3) is 5.57 Å². The number of nitrogens with zero attached hydrogens (tertiary/aromatic N) is 1. The molecule has 0 spiro atoms. The third-order valence-electron chi connectivity index (χ3n) is 4.64. The minimum atomic E-state index is -0.510. The average molecular weight is 437 g/mol. The fourth-order valence-corrected chi connectivity index (χ4v) is 4.07. The molecule has 0 unspecified atom stereocenters. The Morgan fingerprint density at radius 2 is 2.06 bits per heavy atom. The summed E-state index contributed by atoms with van der Waals surface area (Å²) in [6, 6.07) is 9.88. The van der Waals surface area contributed by atoms with E-state index in [0.717, 1.165) is 40.2 Å². The number of thioether (sulfide) groups is 1. The predicted octanol–water partition coefficient (Wildman–Crippen LogP) is 5.33. The molecular formula is C25H28N2O3S. The largest absolute Gasteiger partial charge is 0.460 e. The van der Waals surface area contributed by atoms with Gasteiger partial charge in [0.1, 0.15) is 18.2 Å². The van der Waals surface area contributed by atoms with Crippen LogP contribution in [0.15, 0.2) is 69.5 Å². The van der Waals surface area contributed by atoms with E-state index in [1.54, 1.807) is 18.7 Å². The molecule has 2 rings (SSSR count). The van der Waals surface area contributed by atoms with Crippen LogP contribution >= 0.6 is 11.8 Å². The molecule has 5 nitrogen and oxygen atoms in total. The highest BCUT2D eigenvalue weighted by molar-refractivity contribution is 8.03. The van der Waals surface area contributed by atoms with Crippen molar-refractivity contribution in [3.05, 3.63) is 70.2 Å². The van der Waals surface area contributed by atoms with E-state index in [1.165, 1.54) is 0 Å². The van der Waals surface area contributed by atoms with Crippen molar-refractivity contribution in [1.29, 1.82) is 5.26 Å². The van der Waals surface area contributed by atoms with Crippen LogP contribution in [0.4, 0.5) is 0 Å². The standard InChI is InChI=1S/C25H28N2O3S/c1-5-6-7-8-11-19-18(4)31-22-13-10-9-12-20(22)23(19)21(16-26)24(28)27-14-15-30-25(29)17(2)3/h8-13H,2,5-7,14-15H2,1,3-4H3,(H,27,28)/b11-8-,23-21-. The SMILES string of the molecule is C=C(C)C(=O)OCCNC(=O)/C(C#N)=C1/C(/C=C\CCCC)=C(C)Sc2ccccc21. The lowest BCUT2D eigenvalue weighted by atomic mass is 9.91. The first kappa shape index (κ1) is 24.2. The highest BCUT2D eigenvalue weighted by Crippen LogP contribution is 2.45. The fraction of sp³-hybridized carbons (Fsp3) is 0.320. The number of benzene rings is 1. The number of unbranched alkanes of at least 4 members (excludes halogenated alkanes) is 2. The van der Waals surface area contributed by atoms with Gasteiger partial charge in [-0.15, -0.1) is 0 Å². The Bertz CT molecular complexity index is 996. The van der Waals surface area contributed by atoms with Gasteiger partial charge < -0.3 is 10.1 Å². The number of carbonyl (C=O) groups excluding carboxylic acids is 2. The van der Waals surface area contributed by atoms with Gasteiger partial charge in [0.15, 0.2) is 0 Å². The molecule has 0 bridgehead atoms. The maximum Gasteiger partial charge on any atom is 0.333 e. The number of nitrogens with one attached hydrogen (secondary N) is 1. The Kier molecular flexibility index (Phi) is 9.36. The molecule has 1 amide bonds. The van der Waals surface area contributed by atoms with Gasteiger partial charge in [-0.25, -0.2) is 4.79 Å². The molecule has 1 aliphatic rings. The summed E-state index contributed by atoms with van der Waals surface area (Å²) in [4.78, 5) is 26.4. The van der Waals surface area contributed by atoms with E-state index in [-0.39, 0.29) is 18.7 Å². The quantitative estimate of drug-likeness (QED) is 0.245. The second kappa shape index (κ2) is 12.0. The van der Waals surface area contributed by atoms with Crippen molar-refractivity contribution in [1.82, 2.24) is 5.32 Å². The van der Waals surface area contributed by atoms with Gasteiger partial charge in [0.05, 0.1) is 6.54 Å². The van der Waals surface area contributed by atoms with Gasteiger partial charge in [-0.05, 0) is 42.4 Å². The van der Waals surface area contributed by atoms with E-state index in [4.69, 9.17) is 4.74 Å². The molecule has 0 atom stereocenters. The van der Waals surface area contributed by atoms with Crippen molar-refractivity contribution in [3.63, 3.8) is 0 Å². The second-order valence-electron chi connectivity index (χ2n) is 7.15. The monoisotopic (exact) mass is 436 g/mol.